The van der Waals surface area contributed by atoms with Crippen LogP contribution in [0.25, 0.3) is 0 Å². The molecule has 1 aliphatic heterocycles. The molecule has 0 unspecified atom stereocenters. The minimum Gasteiger partial charge on any atom is -0.311 e. The minimum atomic E-state index is 0.826. The van der Waals surface area contributed by atoms with Crippen molar-refractivity contribution in [3.05, 3.63) is 11.4 Å². The quantitative estimate of drug-likeness (QED) is 0.847. The predicted molar refractivity (Wildman–Crippen MR) is 66.6 cm³/mol. The summed E-state index contributed by atoms with van der Waals surface area (Å²) in [5.74, 6) is 1.76. The van der Waals surface area contributed by atoms with Crippen molar-refractivity contribution in [1.82, 2.24) is 20.3 Å². The summed E-state index contributed by atoms with van der Waals surface area (Å²) < 4.78 is 2.18. The van der Waals surface area contributed by atoms with E-state index in [1.54, 1.807) is 0 Å². The van der Waals surface area contributed by atoms with E-state index in [1.807, 2.05) is 0 Å². The third-order valence-electron chi connectivity index (χ3n) is 4.32. The number of fused-ring (bicyclic) bond motifs is 1. The van der Waals surface area contributed by atoms with Crippen LogP contribution in [-0.4, -0.2) is 21.5 Å². The highest BCUT2D eigenvalue weighted by Crippen LogP contribution is 2.29. The van der Waals surface area contributed by atoms with Crippen LogP contribution in [0.15, 0.2) is 0 Å². The van der Waals surface area contributed by atoms with E-state index >= 15 is 0 Å². The Balaban J connectivity index is 1.66. The second-order valence-corrected chi connectivity index (χ2v) is 5.72. The molecule has 1 N–H and O–H groups in total. The van der Waals surface area contributed by atoms with Gasteiger partial charge in [-0.25, -0.2) is 4.68 Å². The van der Waals surface area contributed by atoms with Crippen LogP contribution >= 0.6 is 0 Å². The zero-order valence-corrected chi connectivity index (χ0v) is 10.7. The van der Waals surface area contributed by atoms with Crippen LogP contribution in [0.5, 0.6) is 0 Å². The lowest BCUT2D eigenvalue weighted by Gasteiger charge is -2.26. The van der Waals surface area contributed by atoms with Crippen LogP contribution in [-0.2, 0) is 19.5 Å². The molecule has 1 aliphatic carbocycles. The van der Waals surface area contributed by atoms with Crippen molar-refractivity contribution in [3.63, 3.8) is 0 Å². The fourth-order valence-corrected chi connectivity index (χ4v) is 3.10. The Morgan fingerprint density at radius 3 is 2.94 bits per heavy atom. The Morgan fingerprint density at radius 2 is 2.12 bits per heavy atom. The van der Waals surface area contributed by atoms with Crippen LogP contribution < -0.4 is 5.32 Å². The molecular formula is C13H22N4. The third-order valence-corrected chi connectivity index (χ3v) is 4.32. The number of aromatic nitrogens is 3. The number of nitrogens with one attached hydrogen (secondary N) is 1. The normalized spacial score (nSPS) is 29.0. The van der Waals surface area contributed by atoms with Gasteiger partial charge in [-0.15, -0.1) is 5.10 Å². The summed E-state index contributed by atoms with van der Waals surface area (Å²) in [6, 6.07) is 0. The van der Waals surface area contributed by atoms with Crippen LogP contribution in [0.1, 0.15) is 44.0 Å². The maximum atomic E-state index is 4.34. The molecule has 17 heavy (non-hydrogen) atoms. The Kier molecular flexibility index (Phi) is 3.14. The highest BCUT2D eigenvalue weighted by Gasteiger charge is 2.22. The first-order valence-electron chi connectivity index (χ1n) is 6.95. The van der Waals surface area contributed by atoms with E-state index in [0.29, 0.717) is 0 Å². The van der Waals surface area contributed by atoms with E-state index in [2.05, 4.69) is 27.2 Å². The molecule has 4 nitrogen and oxygen atoms in total. The van der Waals surface area contributed by atoms with Crippen LogP contribution in [0.3, 0.4) is 0 Å². The van der Waals surface area contributed by atoms with E-state index in [9.17, 15) is 0 Å². The average Bonchev–Trinajstić information content (AvgIpc) is 2.76. The summed E-state index contributed by atoms with van der Waals surface area (Å²) in [6.45, 7) is 5.44. The smallest absolute Gasteiger partial charge is 0.0997 e. The molecule has 0 aromatic carbocycles. The zero-order valence-electron chi connectivity index (χ0n) is 10.7. The van der Waals surface area contributed by atoms with Gasteiger partial charge in [-0.05, 0) is 24.7 Å². The maximum Gasteiger partial charge on any atom is 0.0997 e. The Bertz CT molecular complexity index is 377. The van der Waals surface area contributed by atoms with Gasteiger partial charge in [0.2, 0.25) is 0 Å². The van der Waals surface area contributed by atoms with Gasteiger partial charge in [-0.1, -0.05) is 25.0 Å². The maximum absolute atomic E-state index is 4.34. The van der Waals surface area contributed by atoms with Crippen molar-refractivity contribution in [2.45, 2.75) is 52.1 Å². The van der Waals surface area contributed by atoms with Crippen molar-refractivity contribution in [2.75, 3.05) is 6.54 Å². The number of hydrogen-bond acceptors (Lipinski definition) is 3. The van der Waals surface area contributed by atoms with E-state index < -0.39 is 0 Å². The lowest BCUT2D eigenvalue weighted by atomic mass is 9.83. The molecule has 0 spiro atoms. The molecule has 2 aliphatic rings. The molecule has 0 atom stereocenters. The summed E-state index contributed by atoms with van der Waals surface area (Å²) >= 11 is 0. The van der Waals surface area contributed by atoms with Gasteiger partial charge in [-0.2, -0.15) is 0 Å². The topological polar surface area (TPSA) is 42.7 Å². The molecule has 1 fully saturated rings. The van der Waals surface area contributed by atoms with Crippen LogP contribution in [0.2, 0.25) is 0 Å². The highest BCUT2D eigenvalue weighted by molar-refractivity contribution is 5.13. The van der Waals surface area contributed by atoms with Crippen molar-refractivity contribution >= 4 is 0 Å². The monoisotopic (exact) mass is 234 g/mol. The molecule has 2 heterocycles. The number of hydrogen-bond donors (Lipinski definition) is 1. The molecule has 1 aromatic heterocycles. The first kappa shape index (κ1) is 11.2. The van der Waals surface area contributed by atoms with E-state index in [0.717, 1.165) is 37.9 Å². The summed E-state index contributed by atoms with van der Waals surface area (Å²) in [4.78, 5) is 0. The van der Waals surface area contributed by atoms with Crippen LogP contribution in [0.4, 0.5) is 0 Å². The summed E-state index contributed by atoms with van der Waals surface area (Å²) in [5, 5.41) is 12.0. The largest absolute Gasteiger partial charge is 0.311 e. The summed E-state index contributed by atoms with van der Waals surface area (Å²) in [5.41, 5.74) is 2.54. The molecule has 0 saturated heterocycles. The van der Waals surface area contributed by atoms with Crippen LogP contribution in [0, 0.1) is 11.8 Å². The van der Waals surface area contributed by atoms with Gasteiger partial charge >= 0.3 is 0 Å². The van der Waals surface area contributed by atoms with Gasteiger partial charge in [-0.3, -0.25) is 0 Å². The number of nitrogens with zero attached hydrogens (tertiary/aromatic N) is 3. The summed E-state index contributed by atoms with van der Waals surface area (Å²) in [7, 11) is 0. The molecule has 94 valence electrons. The molecule has 3 rings (SSSR count). The van der Waals surface area contributed by atoms with Crippen molar-refractivity contribution in [3.8, 4) is 0 Å². The fourth-order valence-electron chi connectivity index (χ4n) is 3.10. The van der Waals surface area contributed by atoms with E-state index in [4.69, 9.17) is 0 Å². The van der Waals surface area contributed by atoms with Crippen molar-refractivity contribution < 1.29 is 0 Å². The zero-order chi connectivity index (χ0) is 11.7. The van der Waals surface area contributed by atoms with Gasteiger partial charge in [0.05, 0.1) is 11.4 Å². The molecule has 1 saturated carbocycles. The molecule has 4 heteroatoms. The fraction of sp³-hybridized carbons (Fsp3) is 0.846. The van der Waals surface area contributed by atoms with E-state index in [-0.39, 0.29) is 0 Å². The Labute approximate surface area is 103 Å². The van der Waals surface area contributed by atoms with Gasteiger partial charge in [0, 0.05) is 26.1 Å². The molecule has 0 radical (unpaired) electrons. The Hall–Kier alpha value is -0.900. The second-order valence-electron chi connectivity index (χ2n) is 5.72. The lowest BCUT2D eigenvalue weighted by molar-refractivity contribution is 0.254. The predicted octanol–water partition coefficient (Wildman–Crippen LogP) is 1.75. The Morgan fingerprint density at radius 1 is 1.29 bits per heavy atom. The van der Waals surface area contributed by atoms with Crippen molar-refractivity contribution in [2.24, 2.45) is 11.8 Å². The SMILES string of the molecule is CC1CCC(Cn2nnc3c2CCNC3)CC1. The molecule has 1 aromatic rings. The second kappa shape index (κ2) is 4.77. The van der Waals surface area contributed by atoms with Crippen molar-refractivity contribution in [1.29, 1.82) is 0 Å². The van der Waals surface area contributed by atoms with Gasteiger partial charge in [0.25, 0.3) is 0 Å². The molecule has 0 amide bonds. The minimum absolute atomic E-state index is 0.826. The lowest BCUT2D eigenvalue weighted by Crippen LogP contribution is -2.26. The molecule has 0 bridgehead atoms. The standard InChI is InChI=1S/C13H22N4/c1-10-2-4-11(5-3-10)9-17-13-6-7-14-8-12(13)15-16-17/h10-11,14H,2-9H2,1H3. The summed E-state index contributed by atoms with van der Waals surface area (Å²) in [6.07, 6.45) is 6.61. The highest BCUT2D eigenvalue weighted by atomic mass is 15.4. The average molecular weight is 234 g/mol. The van der Waals surface area contributed by atoms with Gasteiger partial charge < -0.3 is 5.32 Å². The van der Waals surface area contributed by atoms with Gasteiger partial charge in [0.1, 0.15) is 0 Å². The number of rotatable bonds is 2. The van der Waals surface area contributed by atoms with Gasteiger partial charge in [0.15, 0.2) is 0 Å². The molecular weight excluding hydrogens is 212 g/mol. The van der Waals surface area contributed by atoms with E-state index in [1.165, 1.54) is 37.1 Å². The third kappa shape index (κ3) is 2.37. The first-order chi connectivity index (χ1) is 8.33. The first-order valence-corrected chi connectivity index (χ1v) is 6.95.